The van der Waals surface area contributed by atoms with Crippen LogP contribution >= 0.6 is 0 Å². The number of aromatic carboxylic acids is 1. The standard InChI is InChI=1S/C26H30N2O3/c1-3-5-9-17-27-19-22(10-6-4-2)28(26(27)31)18-20-13-15-21(16-14-20)23-11-7-8-12-24(23)25(29)30/h6-8,10-16,19H,3-5,9,17-18H2,1-2H3,(H,29,30). The van der Waals surface area contributed by atoms with E-state index in [-0.39, 0.29) is 11.3 Å². The second kappa shape index (κ2) is 10.6. The molecule has 0 atom stereocenters. The summed E-state index contributed by atoms with van der Waals surface area (Å²) in [6.45, 7) is 5.44. The molecular weight excluding hydrogens is 388 g/mol. The number of allylic oxidation sites excluding steroid dienone is 1. The lowest BCUT2D eigenvalue weighted by molar-refractivity contribution is 0.0697. The van der Waals surface area contributed by atoms with Crippen molar-refractivity contribution in [2.75, 3.05) is 0 Å². The fraction of sp³-hybridized carbons (Fsp3) is 0.308. The van der Waals surface area contributed by atoms with Gasteiger partial charge < -0.3 is 5.11 Å². The molecule has 3 rings (SSSR count). The Balaban J connectivity index is 1.88. The van der Waals surface area contributed by atoms with Gasteiger partial charge in [0.25, 0.3) is 0 Å². The Morgan fingerprint density at radius 1 is 1.03 bits per heavy atom. The fourth-order valence-corrected chi connectivity index (χ4v) is 3.67. The minimum atomic E-state index is -0.942. The molecule has 2 aromatic carbocycles. The SMILES string of the molecule is CCC=Cc1cn(CCCCC)c(=O)n1Cc1ccc(-c2ccccc2C(=O)O)cc1. The normalized spacial score (nSPS) is 11.3. The zero-order valence-corrected chi connectivity index (χ0v) is 18.3. The number of unbranched alkanes of at least 4 members (excludes halogenated alkanes) is 2. The van der Waals surface area contributed by atoms with Gasteiger partial charge in [-0.2, -0.15) is 0 Å². The van der Waals surface area contributed by atoms with E-state index in [1.165, 1.54) is 0 Å². The lowest BCUT2D eigenvalue weighted by Gasteiger charge is -2.09. The molecule has 3 aromatic rings. The number of aryl methyl sites for hydroxylation is 1. The van der Waals surface area contributed by atoms with E-state index in [1.807, 2.05) is 53.2 Å². The highest BCUT2D eigenvalue weighted by molar-refractivity contribution is 5.95. The van der Waals surface area contributed by atoms with E-state index in [1.54, 1.807) is 16.7 Å². The number of carboxylic acids is 1. The number of imidazole rings is 1. The first-order chi connectivity index (χ1) is 15.0. The first-order valence-corrected chi connectivity index (χ1v) is 10.9. The average molecular weight is 419 g/mol. The molecule has 0 bridgehead atoms. The molecule has 1 aromatic heterocycles. The minimum Gasteiger partial charge on any atom is -0.478 e. The summed E-state index contributed by atoms with van der Waals surface area (Å²) in [6, 6.07) is 14.7. The number of carboxylic acid groups (broad SMARTS) is 1. The van der Waals surface area contributed by atoms with E-state index >= 15 is 0 Å². The van der Waals surface area contributed by atoms with Gasteiger partial charge in [0.2, 0.25) is 0 Å². The van der Waals surface area contributed by atoms with Gasteiger partial charge in [0.15, 0.2) is 0 Å². The van der Waals surface area contributed by atoms with Gasteiger partial charge in [-0.1, -0.05) is 75.2 Å². The molecule has 0 fully saturated rings. The Hall–Kier alpha value is -3.34. The monoisotopic (exact) mass is 418 g/mol. The number of benzene rings is 2. The zero-order chi connectivity index (χ0) is 22.2. The molecule has 5 heteroatoms. The van der Waals surface area contributed by atoms with Gasteiger partial charge in [-0.25, -0.2) is 9.59 Å². The Morgan fingerprint density at radius 2 is 1.77 bits per heavy atom. The van der Waals surface area contributed by atoms with E-state index in [0.717, 1.165) is 49.0 Å². The Bertz CT molecular complexity index is 1100. The van der Waals surface area contributed by atoms with E-state index in [2.05, 4.69) is 19.9 Å². The maximum Gasteiger partial charge on any atom is 0.336 e. The Morgan fingerprint density at radius 3 is 2.45 bits per heavy atom. The van der Waals surface area contributed by atoms with Crippen molar-refractivity contribution in [2.24, 2.45) is 0 Å². The summed E-state index contributed by atoms with van der Waals surface area (Å²) in [5.74, 6) is -0.942. The first-order valence-electron chi connectivity index (χ1n) is 10.9. The summed E-state index contributed by atoms with van der Waals surface area (Å²) in [4.78, 5) is 24.5. The lowest BCUT2D eigenvalue weighted by Crippen LogP contribution is -2.25. The number of rotatable bonds is 10. The predicted molar refractivity (Wildman–Crippen MR) is 125 cm³/mol. The van der Waals surface area contributed by atoms with Crippen molar-refractivity contribution < 1.29 is 9.90 Å². The third-order valence-electron chi connectivity index (χ3n) is 5.37. The fourth-order valence-electron chi connectivity index (χ4n) is 3.67. The molecule has 0 aliphatic carbocycles. The van der Waals surface area contributed by atoms with Gasteiger partial charge in [0, 0.05) is 12.7 Å². The summed E-state index contributed by atoms with van der Waals surface area (Å²) < 4.78 is 3.61. The number of aromatic nitrogens is 2. The van der Waals surface area contributed by atoms with Crippen LogP contribution in [0.15, 0.2) is 65.6 Å². The lowest BCUT2D eigenvalue weighted by atomic mass is 9.99. The number of carbonyl (C=O) groups is 1. The van der Waals surface area contributed by atoms with Gasteiger partial charge in [-0.3, -0.25) is 9.13 Å². The minimum absolute atomic E-state index is 0.00663. The van der Waals surface area contributed by atoms with Crippen molar-refractivity contribution in [3.63, 3.8) is 0 Å². The molecule has 0 unspecified atom stereocenters. The van der Waals surface area contributed by atoms with E-state index in [9.17, 15) is 14.7 Å². The molecule has 31 heavy (non-hydrogen) atoms. The maximum atomic E-state index is 13.0. The molecule has 0 aliphatic rings. The van der Waals surface area contributed by atoms with Crippen molar-refractivity contribution >= 4 is 12.0 Å². The topological polar surface area (TPSA) is 64.2 Å². The summed E-state index contributed by atoms with van der Waals surface area (Å²) in [5.41, 5.74) is 3.72. The van der Waals surface area contributed by atoms with Crippen LogP contribution in [0, 0.1) is 0 Å². The van der Waals surface area contributed by atoms with Crippen molar-refractivity contribution in [1.82, 2.24) is 9.13 Å². The smallest absolute Gasteiger partial charge is 0.336 e. The molecule has 5 nitrogen and oxygen atoms in total. The molecule has 0 saturated heterocycles. The molecule has 1 heterocycles. The highest BCUT2D eigenvalue weighted by atomic mass is 16.4. The van der Waals surface area contributed by atoms with Crippen LogP contribution in [0.3, 0.4) is 0 Å². The summed E-state index contributed by atoms with van der Waals surface area (Å²) in [5, 5.41) is 9.44. The maximum absolute atomic E-state index is 13.0. The second-order valence-corrected chi connectivity index (χ2v) is 7.68. The van der Waals surface area contributed by atoms with Crippen molar-refractivity contribution in [3.05, 3.63) is 88.1 Å². The van der Waals surface area contributed by atoms with Gasteiger partial charge in [0.1, 0.15) is 0 Å². The van der Waals surface area contributed by atoms with Crippen LogP contribution in [0.1, 0.15) is 61.1 Å². The molecule has 0 amide bonds. The largest absolute Gasteiger partial charge is 0.478 e. The highest BCUT2D eigenvalue weighted by Gasteiger charge is 2.12. The van der Waals surface area contributed by atoms with E-state index < -0.39 is 5.97 Å². The van der Waals surface area contributed by atoms with E-state index in [4.69, 9.17) is 0 Å². The summed E-state index contributed by atoms with van der Waals surface area (Å²) in [6.07, 6.45) is 10.2. The Kier molecular flexibility index (Phi) is 7.65. The van der Waals surface area contributed by atoms with Crippen molar-refractivity contribution in [3.8, 4) is 11.1 Å². The first kappa shape index (κ1) is 22.3. The molecule has 0 radical (unpaired) electrons. The third kappa shape index (κ3) is 5.43. The van der Waals surface area contributed by atoms with E-state index in [0.29, 0.717) is 12.1 Å². The van der Waals surface area contributed by atoms with Crippen LogP contribution in [0.4, 0.5) is 0 Å². The van der Waals surface area contributed by atoms with Crippen LogP contribution in [0.25, 0.3) is 17.2 Å². The average Bonchev–Trinajstić information content (AvgIpc) is 3.07. The number of hydrogen-bond acceptors (Lipinski definition) is 2. The molecule has 1 N–H and O–H groups in total. The quantitative estimate of drug-likeness (QED) is 0.431. The van der Waals surface area contributed by atoms with Crippen LogP contribution in [0.2, 0.25) is 0 Å². The van der Waals surface area contributed by atoms with Crippen LogP contribution in [-0.4, -0.2) is 20.2 Å². The molecule has 0 saturated carbocycles. The molecule has 162 valence electrons. The molecule has 0 spiro atoms. The number of nitrogens with zero attached hydrogens (tertiary/aromatic N) is 2. The molecule has 0 aliphatic heterocycles. The van der Waals surface area contributed by atoms with Crippen molar-refractivity contribution in [1.29, 1.82) is 0 Å². The highest BCUT2D eigenvalue weighted by Crippen LogP contribution is 2.24. The second-order valence-electron chi connectivity index (χ2n) is 7.68. The van der Waals surface area contributed by atoms with Gasteiger partial charge in [-0.15, -0.1) is 0 Å². The number of hydrogen-bond donors (Lipinski definition) is 1. The van der Waals surface area contributed by atoms with Crippen LogP contribution < -0.4 is 5.69 Å². The zero-order valence-electron chi connectivity index (χ0n) is 18.3. The predicted octanol–water partition coefficient (Wildman–Crippen LogP) is 5.68. The van der Waals surface area contributed by atoms with Crippen LogP contribution in [0.5, 0.6) is 0 Å². The van der Waals surface area contributed by atoms with Gasteiger partial charge in [-0.05, 0) is 41.7 Å². The van der Waals surface area contributed by atoms with Crippen molar-refractivity contribution in [2.45, 2.75) is 52.6 Å². The third-order valence-corrected chi connectivity index (χ3v) is 5.37. The molecular formula is C26H30N2O3. The summed E-state index contributed by atoms with van der Waals surface area (Å²) in [7, 11) is 0. The van der Waals surface area contributed by atoms with Crippen LogP contribution in [-0.2, 0) is 13.1 Å². The van der Waals surface area contributed by atoms with Gasteiger partial charge >= 0.3 is 11.7 Å². The van der Waals surface area contributed by atoms with Gasteiger partial charge in [0.05, 0.1) is 17.8 Å². The Labute approximate surface area is 183 Å². The summed E-state index contributed by atoms with van der Waals surface area (Å²) >= 11 is 0.